The fraction of sp³-hybridized carbons (Fsp3) is 0.533. The van der Waals surface area contributed by atoms with Gasteiger partial charge >= 0.3 is 0 Å². The topological polar surface area (TPSA) is 24.7 Å². The second-order valence-corrected chi connectivity index (χ2v) is 9.43. The van der Waals surface area contributed by atoms with Crippen molar-refractivity contribution in [2.45, 2.75) is 106 Å². The van der Waals surface area contributed by atoms with Crippen LogP contribution in [-0.4, -0.2) is 11.4 Å². The molecular weight excluding hydrogens is 388 g/mol. The van der Waals surface area contributed by atoms with E-state index in [2.05, 4.69) is 77.9 Å². The van der Waals surface area contributed by atoms with E-state index in [0.29, 0.717) is 0 Å². The van der Waals surface area contributed by atoms with Crippen LogP contribution >= 0.6 is 0 Å². The van der Waals surface area contributed by atoms with E-state index >= 15 is 0 Å². The summed E-state index contributed by atoms with van der Waals surface area (Å²) in [4.78, 5) is 10.4. The van der Waals surface area contributed by atoms with E-state index in [4.69, 9.17) is 9.98 Å². The highest BCUT2D eigenvalue weighted by Crippen LogP contribution is 2.23. The molecule has 2 rings (SSSR count). The zero-order chi connectivity index (χ0) is 23.3. The molecule has 0 unspecified atom stereocenters. The number of hydrogen-bond acceptors (Lipinski definition) is 2. The average molecular weight is 433 g/mol. The Morgan fingerprint density at radius 2 is 0.875 bits per heavy atom. The molecule has 174 valence electrons. The summed E-state index contributed by atoms with van der Waals surface area (Å²) in [6.45, 7) is 13.1. The first kappa shape index (κ1) is 26.0. The number of unbranched alkanes of at least 4 members (excludes halogenated alkanes) is 6. The number of benzene rings is 2. The average Bonchev–Trinajstić information content (AvgIpc) is 2.71. The SMILES string of the molecule is CCCCCCCCC(=Nc1cc(C)cc(C)c1)C(CCCC)=Nc1cc(C)cc(C)c1. The smallest absolute Gasteiger partial charge is 0.0639 e. The zero-order valence-corrected chi connectivity index (χ0v) is 21.4. The van der Waals surface area contributed by atoms with Crippen LogP contribution in [-0.2, 0) is 0 Å². The Balaban J connectivity index is 2.38. The number of aliphatic imine (C=N–C) groups is 2. The van der Waals surface area contributed by atoms with Crippen molar-refractivity contribution in [3.8, 4) is 0 Å². The molecule has 0 N–H and O–H groups in total. The third-order valence-corrected chi connectivity index (χ3v) is 5.81. The van der Waals surface area contributed by atoms with Gasteiger partial charge in [0.05, 0.1) is 22.8 Å². The van der Waals surface area contributed by atoms with Crippen LogP contribution in [0.5, 0.6) is 0 Å². The van der Waals surface area contributed by atoms with Gasteiger partial charge in [-0.05, 0) is 99.9 Å². The molecule has 0 aliphatic rings. The Morgan fingerprint density at radius 3 is 1.31 bits per heavy atom. The lowest BCUT2D eigenvalue weighted by atomic mass is 10.0. The number of nitrogens with zero attached hydrogens (tertiary/aromatic N) is 2. The minimum atomic E-state index is 0.989. The minimum absolute atomic E-state index is 0.989. The van der Waals surface area contributed by atoms with E-state index in [-0.39, 0.29) is 0 Å². The third kappa shape index (κ3) is 9.51. The van der Waals surface area contributed by atoms with Crippen LogP contribution in [0.4, 0.5) is 11.4 Å². The van der Waals surface area contributed by atoms with E-state index in [1.165, 1.54) is 78.6 Å². The van der Waals surface area contributed by atoms with E-state index in [9.17, 15) is 0 Å². The van der Waals surface area contributed by atoms with Crippen molar-refractivity contribution in [3.63, 3.8) is 0 Å². The summed E-state index contributed by atoms with van der Waals surface area (Å²) < 4.78 is 0. The minimum Gasteiger partial charge on any atom is -0.252 e. The van der Waals surface area contributed by atoms with E-state index in [0.717, 1.165) is 30.6 Å². The molecule has 0 aromatic heterocycles. The second kappa shape index (κ2) is 14.0. The third-order valence-electron chi connectivity index (χ3n) is 5.81. The van der Waals surface area contributed by atoms with Crippen LogP contribution in [0.2, 0.25) is 0 Å². The van der Waals surface area contributed by atoms with Gasteiger partial charge in [-0.25, -0.2) is 0 Å². The summed E-state index contributed by atoms with van der Waals surface area (Å²) in [6, 6.07) is 13.2. The lowest BCUT2D eigenvalue weighted by Gasteiger charge is -2.12. The van der Waals surface area contributed by atoms with Gasteiger partial charge in [0.2, 0.25) is 0 Å². The zero-order valence-electron chi connectivity index (χ0n) is 21.4. The first-order valence-corrected chi connectivity index (χ1v) is 12.7. The van der Waals surface area contributed by atoms with Crippen molar-refractivity contribution in [2.24, 2.45) is 9.98 Å². The van der Waals surface area contributed by atoms with Crippen molar-refractivity contribution in [2.75, 3.05) is 0 Å². The molecule has 0 fully saturated rings. The molecule has 0 amide bonds. The van der Waals surface area contributed by atoms with Crippen molar-refractivity contribution < 1.29 is 0 Å². The van der Waals surface area contributed by atoms with Crippen LogP contribution in [0.1, 0.15) is 100 Å². The normalized spacial score (nSPS) is 12.4. The summed E-state index contributed by atoms with van der Waals surface area (Å²) in [7, 11) is 0. The fourth-order valence-electron chi connectivity index (χ4n) is 4.29. The van der Waals surface area contributed by atoms with Crippen molar-refractivity contribution in [3.05, 3.63) is 58.7 Å². The van der Waals surface area contributed by atoms with Gasteiger partial charge in [0.1, 0.15) is 0 Å². The maximum atomic E-state index is 5.19. The lowest BCUT2D eigenvalue weighted by Crippen LogP contribution is -2.14. The van der Waals surface area contributed by atoms with Crippen LogP contribution in [0.3, 0.4) is 0 Å². The Labute approximate surface area is 197 Å². The number of hydrogen-bond donors (Lipinski definition) is 0. The Morgan fingerprint density at radius 1 is 0.500 bits per heavy atom. The second-order valence-electron chi connectivity index (χ2n) is 9.43. The molecule has 2 aromatic carbocycles. The molecule has 0 aliphatic carbocycles. The summed E-state index contributed by atoms with van der Waals surface area (Å²) in [6.07, 6.45) is 12.1. The molecule has 2 aromatic rings. The number of rotatable bonds is 13. The molecule has 0 bridgehead atoms. The largest absolute Gasteiger partial charge is 0.252 e. The molecule has 0 saturated carbocycles. The van der Waals surface area contributed by atoms with Gasteiger partial charge in [0, 0.05) is 0 Å². The maximum Gasteiger partial charge on any atom is 0.0639 e. The van der Waals surface area contributed by atoms with E-state index in [1.54, 1.807) is 0 Å². The first-order chi connectivity index (χ1) is 15.4. The fourth-order valence-corrected chi connectivity index (χ4v) is 4.29. The standard InChI is InChI=1S/C30H44N2/c1-7-9-11-12-13-14-16-30(32-28-21-25(5)18-26(6)22-28)29(15-10-8-2)31-27-19-23(3)17-24(4)20-27/h17-22H,7-16H2,1-6H3. The first-order valence-electron chi connectivity index (χ1n) is 12.7. The van der Waals surface area contributed by atoms with Crippen LogP contribution in [0.25, 0.3) is 0 Å². The monoisotopic (exact) mass is 432 g/mol. The summed E-state index contributed by atoms with van der Waals surface area (Å²) in [5.74, 6) is 0. The summed E-state index contributed by atoms with van der Waals surface area (Å²) in [5, 5.41) is 0. The Kier molecular flexibility index (Phi) is 11.4. The van der Waals surface area contributed by atoms with E-state index < -0.39 is 0 Å². The molecule has 2 nitrogen and oxygen atoms in total. The van der Waals surface area contributed by atoms with Gasteiger partial charge in [-0.2, -0.15) is 0 Å². The summed E-state index contributed by atoms with van der Waals surface area (Å²) in [5.41, 5.74) is 9.54. The highest BCUT2D eigenvalue weighted by molar-refractivity contribution is 6.43. The maximum absolute atomic E-state index is 5.19. The predicted molar refractivity (Wildman–Crippen MR) is 144 cm³/mol. The Bertz CT molecular complexity index is 865. The van der Waals surface area contributed by atoms with Crippen molar-refractivity contribution in [1.82, 2.24) is 0 Å². The molecule has 0 radical (unpaired) electrons. The highest BCUT2D eigenvalue weighted by atomic mass is 14.8. The van der Waals surface area contributed by atoms with Gasteiger partial charge in [-0.3, -0.25) is 9.98 Å². The molecule has 32 heavy (non-hydrogen) atoms. The molecule has 0 saturated heterocycles. The van der Waals surface area contributed by atoms with Crippen LogP contribution in [0, 0.1) is 27.7 Å². The van der Waals surface area contributed by atoms with Crippen molar-refractivity contribution >= 4 is 22.8 Å². The van der Waals surface area contributed by atoms with Gasteiger partial charge in [0.15, 0.2) is 0 Å². The molecular formula is C30H44N2. The predicted octanol–water partition coefficient (Wildman–Crippen LogP) is 9.71. The van der Waals surface area contributed by atoms with Gasteiger partial charge in [0.25, 0.3) is 0 Å². The van der Waals surface area contributed by atoms with Gasteiger partial charge < -0.3 is 0 Å². The quantitative estimate of drug-likeness (QED) is 0.222. The van der Waals surface area contributed by atoms with Crippen LogP contribution < -0.4 is 0 Å². The van der Waals surface area contributed by atoms with Crippen LogP contribution in [0.15, 0.2) is 46.4 Å². The lowest BCUT2D eigenvalue weighted by molar-refractivity contribution is 0.616. The van der Waals surface area contributed by atoms with E-state index in [1.807, 2.05) is 0 Å². The van der Waals surface area contributed by atoms with Gasteiger partial charge in [-0.15, -0.1) is 0 Å². The Hall–Kier alpha value is -2.22. The summed E-state index contributed by atoms with van der Waals surface area (Å²) >= 11 is 0. The molecule has 0 aliphatic heterocycles. The highest BCUT2D eigenvalue weighted by Gasteiger charge is 2.11. The molecule has 0 spiro atoms. The van der Waals surface area contributed by atoms with Crippen molar-refractivity contribution in [1.29, 1.82) is 0 Å². The molecule has 0 atom stereocenters. The number of aryl methyl sites for hydroxylation is 4. The molecule has 0 heterocycles. The molecule has 2 heteroatoms. The van der Waals surface area contributed by atoms with Gasteiger partial charge in [-0.1, -0.05) is 64.5 Å².